The Kier molecular flexibility index (Phi) is 5.43. The van der Waals surface area contributed by atoms with Crippen LogP contribution in [0.3, 0.4) is 0 Å². The van der Waals surface area contributed by atoms with Gasteiger partial charge in [-0.15, -0.1) is 0 Å². The minimum absolute atomic E-state index is 0.352. The number of benzene rings is 3. The second-order valence-electron chi connectivity index (χ2n) is 9.25. The van der Waals surface area contributed by atoms with Crippen molar-refractivity contribution in [3.05, 3.63) is 101 Å². The third kappa shape index (κ3) is 3.63. The summed E-state index contributed by atoms with van der Waals surface area (Å²) in [5.41, 5.74) is 12.0. The van der Waals surface area contributed by atoms with Crippen LogP contribution in [0.1, 0.15) is 22.3 Å². The summed E-state index contributed by atoms with van der Waals surface area (Å²) in [6.07, 6.45) is 3.86. The van der Waals surface area contributed by atoms with Crippen molar-refractivity contribution in [1.29, 1.82) is 0 Å². The minimum Gasteiger partial charge on any atom is -0.496 e. The molecule has 1 aliphatic heterocycles. The highest BCUT2D eigenvalue weighted by molar-refractivity contribution is 6.51. The summed E-state index contributed by atoms with van der Waals surface area (Å²) in [5, 5.41) is 4.24. The first kappa shape index (κ1) is 22.8. The highest BCUT2D eigenvalue weighted by atomic mass is 16.5. The number of nitrogens with two attached hydrogens (primary N) is 1. The number of rotatable bonds is 6. The number of amides is 2. The lowest BCUT2D eigenvalue weighted by atomic mass is 9.95. The van der Waals surface area contributed by atoms with Crippen molar-refractivity contribution in [1.82, 2.24) is 14.5 Å². The molecule has 3 heterocycles. The molecule has 2 amide bonds. The van der Waals surface area contributed by atoms with Crippen molar-refractivity contribution in [2.75, 3.05) is 7.11 Å². The van der Waals surface area contributed by atoms with E-state index < -0.39 is 11.8 Å². The van der Waals surface area contributed by atoms with Gasteiger partial charge in [0.1, 0.15) is 5.75 Å². The first-order valence-corrected chi connectivity index (χ1v) is 12.1. The Morgan fingerprint density at radius 2 is 1.54 bits per heavy atom. The molecule has 3 aromatic carbocycles. The number of nitrogens with one attached hydrogen (secondary N) is 1. The van der Waals surface area contributed by atoms with Crippen LogP contribution in [0.4, 0.5) is 0 Å². The Morgan fingerprint density at radius 3 is 2.32 bits per heavy atom. The van der Waals surface area contributed by atoms with Crippen LogP contribution in [0.2, 0.25) is 0 Å². The summed E-state index contributed by atoms with van der Waals surface area (Å²) in [5.74, 6) is -0.176. The molecular formula is C30H26N4O3. The molecule has 6 rings (SSSR count). The van der Waals surface area contributed by atoms with Crippen LogP contribution in [0, 0.1) is 0 Å². The van der Waals surface area contributed by atoms with Gasteiger partial charge < -0.3 is 19.6 Å². The van der Waals surface area contributed by atoms with Crippen LogP contribution in [-0.2, 0) is 29.7 Å². The third-order valence-electron chi connectivity index (χ3n) is 7.03. The van der Waals surface area contributed by atoms with Crippen LogP contribution in [0.25, 0.3) is 33.0 Å². The van der Waals surface area contributed by atoms with E-state index in [2.05, 4.69) is 22.0 Å². The highest BCUT2D eigenvalue weighted by Gasteiger charge is 2.36. The van der Waals surface area contributed by atoms with Gasteiger partial charge >= 0.3 is 0 Å². The predicted octanol–water partition coefficient (Wildman–Crippen LogP) is 4.22. The van der Waals surface area contributed by atoms with Gasteiger partial charge in [-0.2, -0.15) is 0 Å². The van der Waals surface area contributed by atoms with E-state index >= 15 is 0 Å². The van der Waals surface area contributed by atoms with Crippen LogP contribution in [0.15, 0.2) is 79.1 Å². The largest absolute Gasteiger partial charge is 0.496 e. The van der Waals surface area contributed by atoms with E-state index in [1.807, 2.05) is 78.6 Å². The molecule has 184 valence electrons. The number of aryl methyl sites for hydroxylation is 1. The van der Waals surface area contributed by atoms with Gasteiger partial charge in [0.25, 0.3) is 11.8 Å². The summed E-state index contributed by atoms with van der Waals surface area (Å²) >= 11 is 0. The number of imide groups is 1. The van der Waals surface area contributed by atoms with Gasteiger partial charge in [-0.1, -0.05) is 48.5 Å². The lowest BCUT2D eigenvalue weighted by Crippen LogP contribution is -2.22. The first-order chi connectivity index (χ1) is 18.0. The van der Waals surface area contributed by atoms with Gasteiger partial charge in [0.15, 0.2) is 0 Å². The maximum absolute atomic E-state index is 13.3. The molecule has 0 radical (unpaired) electrons. The van der Waals surface area contributed by atoms with Gasteiger partial charge in [0.05, 0.1) is 23.8 Å². The molecule has 0 unspecified atom stereocenters. The zero-order valence-electron chi connectivity index (χ0n) is 20.6. The lowest BCUT2D eigenvalue weighted by molar-refractivity contribution is -0.122. The number of para-hydroxylation sites is 1. The Hall–Kier alpha value is -4.62. The fraction of sp³-hybridized carbons (Fsp3) is 0.133. The minimum atomic E-state index is -0.414. The summed E-state index contributed by atoms with van der Waals surface area (Å²) in [7, 11) is 3.55. The molecule has 0 bridgehead atoms. The molecule has 2 aromatic heterocycles. The van der Waals surface area contributed by atoms with E-state index in [-0.39, 0.29) is 0 Å². The molecule has 3 N–H and O–H groups in total. The van der Waals surface area contributed by atoms with Crippen molar-refractivity contribution >= 4 is 44.8 Å². The van der Waals surface area contributed by atoms with E-state index in [1.165, 1.54) is 0 Å². The number of aromatic nitrogens is 2. The van der Waals surface area contributed by atoms with Crippen molar-refractivity contribution < 1.29 is 14.3 Å². The van der Waals surface area contributed by atoms with Crippen LogP contribution in [-0.4, -0.2) is 28.1 Å². The number of hydrogen-bond acceptors (Lipinski definition) is 4. The molecular weight excluding hydrogens is 464 g/mol. The quantitative estimate of drug-likeness (QED) is 0.349. The number of carbonyl (C=O) groups is 2. The molecule has 0 atom stereocenters. The van der Waals surface area contributed by atoms with Crippen molar-refractivity contribution in [3.8, 4) is 5.75 Å². The maximum atomic E-state index is 13.3. The van der Waals surface area contributed by atoms with Crippen LogP contribution >= 0.6 is 0 Å². The van der Waals surface area contributed by atoms with Gasteiger partial charge in [0, 0.05) is 59.9 Å². The standard InChI is InChI=1S/C30H26N4O3/c1-33-16-21(20-9-3-4-10-23(20)33)27-28(30(36)32-29(27)35)22-17-34(15-19-8-5-7-18(13-19)14-31)24-11-6-12-25(37-2)26(22)24/h3-13,16-17H,14-15,31H2,1-2H3,(H,32,35,36). The number of methoxy groups -OCH3 is 1. The third-order valence-corrected chi connectivity index (χ3v) is 7.03. The lowest BCUT2D eigenvalue weighted by Gasteiger charge is -2.08. The predicted molar refractivity (Wildman–Crippen MR) is 145 cm³/mol. The molecule has 7 heteroatoms. The highest BCUT2D eigenvalue weighted by Crippen LogP contribution is 2.41. The van der Waals surface area contributed by atoms with Crippen molar-refractivity contribution in [2.24, 2.45) is 12.8 Å². The number of carbonyl (C=O) groups excluding carboxylic acids is 2. The maximum Gasteiger partial charge on any atom is 0.259 e. The van der Waals surface area contributed by atoms with E-state index in [1.54, 1.807) is 7.11 Å². The molecule has 0 fully saturated rings. The Morgan fingerprint density at radius 1 is 0.838 bits per heavy atom. The second kappa shape index (κ2) is 8.80. The van der Waals surface area contributed by atoms with Crippen LogP contribution in [0.5, 0.6) is 5.75 Å². The van der Waals surface area contributed by atoms with Crippen molar-refractivity contribution in [2.45, 2.75) is 13.1 Å². The van der Waals surface area contributed by atoms with Gasteiger partial charge in [-0.3, -0.25) is 14.9 Å². The monoisotopic (exact) mass is 490 g/mol. The summed E-state index contributed by atoms with van der Waals surface area (Å²) < 4.78 is 9.79. The fourth-order valence-corrected chi connectivity index (χ4v) is 5.37. The first-order valence-electron chi connectivity index (χ1n) is 12.1. The van der Waals surface area contributed by atoms with Gasteiger partial charge in [0.2, 0.25) is 0 Å². The van der Waals surface area contributed by atoms with E-state index in [0.717, 1.165) is 38.5 Å². The van der Waals surface area contributed by atoms with E-state index in [0.29, 0.717) is 35.5 Å². The summed E-state index contributed by atoms with van der Waals surface area (Å²) in [6, 6.07) is 21.8. The number of hydrogen-bond donors (Lipinski definition) is 2. The zero-order chi connectivity index (χ0) is 25.7. The summed E-state index contributed by atoms with van der Waals surface area (Å²) in [6.45, 7) is 1.03. The number of nitrogens with zero attached hydrogens (tertiary/aromatic N) is 2. The molecule has 0 saturated heterocycles. The van der Waals surface area contributed by atoms with E-state index in [9.17, 15) is 9.59 Å². The Balaban J connectivity index is 1.62. The molecule has 5 aromatic rings. The topological polar surface area (TPSA) is 91.3 Å². The van der Waals surface area contributed by atoms with Gasteiger partial charge in [-0.05, 0) is 29.3 Å². The van der Waals surface area contributed by atoms with E-state index in [4.69, 9.17) is 10.5 Å². The number of ether oxygens (including phenoxy) is 1. The van der Waals surface area contributed by atoms with Gasteiger partial charge in [-0.25, -0.2) is 0 Å². The average molecular weight is 491 g/mol. The molecule has 0 saturated carbocycles. The molecule has 0 spiro atoms. The Bertz CT molecular complexity index is 1760. The van der Waals surface area contributed by atoms with Crippen molar-refractivity contribution in [3.63, 3.8) is 0 Å². The fourth-order valence-electron chi connectivity index (χ4n) is 5.37. The van der Waals surface area contributed by atoms with Crippen LogP contribution < -0.4 is 15.8 Å². The summed E-state index contributed by atoms with van der Waals surface area (Å²) in [4.78, 5) is 26.6. The molecule has 7 nitrogen and oxygen atoms in total. The second-order valence-corrected chi connectivity index (χ2v) is 9.25. The average Bonchev–Trinajstić information content (AvgIpc) is 3.54. The SMILES string of the molecule is COc1cccc2c1c(C1=C(c3cn(C)c4ccccc34)C(=O)NC1=O)cn2Cc1cccc(CN)c1. The number of fused-ring (bicyclic) bond motifs is 2. The zero-order valence-corrected chi connectivity index (χ0v) is 20.6. The molecule has 0 aliphatic carbocycles. The molecule has 1 aliphatic rings. The Labute approximate surface area is 213 Å². The smallest absolute Gasteiger partial charge is 0.259 e. The normalized spacial score (nSPS) is 13.7. The molecule has 37 heavy (non-hydrogen) atoms.